The molecule has 0 aromatic heterocycles. The van der Waals surface area contributed by atoms with Crippen molar-refractivity contribution in [2.24, 2.45) is 23.1 Å². The molecular weight excluding hydrogens is 464 g/mol. The van der Waals surface area contributed by atoms with E-state index in [1.165, 1.54) is 0 Å². The molecule has 0 aromatic rings. The molecule has 0 bridgehead atoms. The van der Waals surface area contributed by atoms with Crippen molar-refractivity contribution in [3.63, 3.8) is 0 Å². The number of amides is 4. The molecule has 4 unspecified atom stereocenters. The molecule has 14 heteroatoms. The molecule has 4 amide bonds. The Kier molecular flexibility index (Phi) is 14.9. The average Bonchev–Trinajstić information content (AvgIpc) is 2.74. The van der Waals surface area contributed by atoms with Gasteiger partial charge in [-0.2, -0.15) is 0 Å². The molecule has 0 saturated heterocycles. The van der Waals surface area contributed by atoms with Crippen molar-refractivity contribution in [3.05, 3.63) is 0 Å². The predicted molar refractivity (Wildman–Crippen MR) is 124 cm³/mol. The second-order valence-corrected chi connectivity index (χ2v) is 8.65. The van der Waals surface area contributed by atoms with Crippen LogP contribution in [-0.2, 0) is 28.8 Å². The number of carbonyl (C=O) groups excluding carboxylic acids is 4. The van der Waals surface area contributed by atoms with Crippen LogP contribution < -0.4 is 33.2 Å². The van der Waals surface area contributed by atoms with Gasteiger partial charge in [-0.3, -0.25) is 24.0 Å². The second kappa shape index (κ2) is 16.4. The summed E-state index contributed by atoms with van der Waals surface area (Å²) in [4.78, 5) is 71.6. The SMILES string of the molecule is CC(C)CC(NC(=O)C(CCC(=O)O)NC(=O)C(CCCCN)NC(=O)C(N)CC(N)=O)C(=O)O. The van der Waals surface area contributed by atoms with Crippen molar-refractivity contribution in [3.8, 4) is 0 Å². The molecule has 0 fully saturated rings. The summed E-state index contributed by atoms with van der Waals surface area (Å²) in [7, 11) is 0. The maximum absolute atomic E-state index is 12.9. The number of carbonyl (C=O) groups is 6. The summed E-state index contributed by atoms with van der Waals surface area (Å²) in [5.74, 6) is -5.85. The number of hydrogen-bond donors (Lipinski definition) is 8. The first-order valence-corrected chi connectivity index (χ1v) is 11.4. The van der Waals surface area contributed by atoms with E-state index in [1.54, 1.807) is 13.8 Å². The van der Waals surface area contributed by atoms with Gasteiger partial charge in [0, 0.05) is 6.42 Å². The lowest BCUT2D eigenvalue weighted by molar-refractivity contribution is -0.143. The first kappa shape index (κ1) is 31.7. The Morgan fingerprint density at radius 3 is 1.77 bits per heavy atom. The molecule has 0 rings (SSSR count). The topological polar surface area (TPSA) is 257 Å². The number of carboxylic acids is 2. The van der Waals surface area contributed by atoms with E-state index in [2.05, 4.69) is 16.0 Å². The van der Waals surface area contributed by atoms with E-state index in [0.717, 1.165) is 0 Å². The number of nitrogens with two attached hydrogens (primary N) is 3. The van der Waals surface area contributed by atoms with Crippen LogP contribution >= 0.6 is 0 Å². The molecule has 0 saturated carbocycles. The largest absolute Gasteiger partial charge is 0.481 e. The van der Waals surface area contributed by atoms with Crippen LogP contribution in [0.25, 0.3) is 0 Å². The van der Waals surface area contributed by atoms with E-state index in [0.29, 0.717) is 19.4 Å². The summed E-state index contributed by atoms with van der Waals surface area (Å²) in [5.41, 5.74) is 16.1. The van der Waals surface area contributed by atoms with Crippen LogP contribution in [0.3, 0.4) is 0 Å². The third-order valence-corrected chi connectivity index (χ3v) is 4.94. The van der Waals surface area contributed by atoms with Gasteiger partial charge >= 0.3 is 11.9 Å². The van der Waals surface area contributed by atoms with E-state index < -0.39 is 72.6 Å². The molecule has 11 N–H and O–H groups in total. The number of aliphatic carboxylic acids is 2. The highest BCUT2D eigenvalue weighted by atomic mass is 16.4. The molecule has 0 aliphatic heterocycles. The highest BCUT2D eigenvalue weighted by Gasteiger charge is 2.31. The Hall–Kier alpha value is -3.26. The Labute approximate surface area is 203 Å². The molecule has 0 aromatic carbocycles. The van der Waals surface area contributed by atoms with Gasteiger partial charge in [0.2, 0.25) is 23.6 Å². The predicted octanol–water partition coefficient (Wildman–Crippen LogP) is -2.23. The quantitative estimate of drug-likeness (QED) is 0.0935. The summed E-state index contributed by atoms with van der Waals surface area (Å²) < 4.78 is 0. The fourth-order valence-corrected chi connectivity index (χ4v) is 3.12. The normalized spacial score (nSPS) is 14.3. The molecule has 0 aliphatic carbocycles. The minimum atomic E-state index is -1.37. The molecule has 14 nitrogen and oxygen atoms in total. The highest BCUT2D eigenvalue weighted by Crippen LogP contribution is 2.08. The van der Waals surface area contributed by atoms with E-state index >= 15 is 0 Å². The highest BCUT2D eigenvalue weighted by molar-refractivity contribution is 5.95. The monoisotopic (exact) mass is 502 g/mol. The second-order valence-electron chi connectivity index (χ2n) is 8.65. The van der Waals surface area contributed by atoms with Gasteiger partial charge in [0.25, 0.3) is 0 Å². The number of hydrogen-bond acceptors (Lipinski definition) is 8. The Morgan fingerprint density at radius 1 is 0.800 bits per heavy atom. The van der Waals surface area contributed by atoms with Crippen LogP contribution in [0.4, 0.5) is 0 Å². The first-order chi connectivity index (χ1) is 16.3. The fraction of sp³-hybridized carbons (Fsp3) is 0.714. The molecule has 0 heterocycles. The maximum atomic E-state index is 12.9. The van der Waals surface area contributed by atoms with E-state index in [-0.39, 0.29) is 25.2 Å². The van der Waals surface area contributed by atoms with Gasteiger partial charge in [0.05, 0.1) is 12.5 Å². The van der Waals surface area contributed by atoms with Crippen LogP contribution in [0, 0.1) is 5.92 Å². The summed E-state index contributed by atoms with van der Waals surface area (Å²) in [6.07, 6.45) is -0.0297. The summed E-state index contributed by atoms with van der Waals surface area (Å²) in [6.45, 7) is 3.87. The molecule has 35 heavy (non-hydrogen) atoms. The standard InChI is InChI=1S/C21H38N6O8/c1-11(2)9-15(21(34)35)27-20(33)14(6-7-17(29)30)26-19(32)13(5-3-4-8-22)25-18(31)12(23)10-16(24)28/h11-15H,3-10,22-23H2,1-2H3,(H2,24,28)(H,25,31)(H,26,32)(H,27,33)(H,29,30)(H,34,35). The van der Waals surface area contributed by atoms with E-state index in [9.17, 15) is 33.9 Å². The van der Waals surface area contributed by atoms with Crippen LogP contribution in [0.5, 0.6) is 0 Å². The van der Waals surface area contributed by atoms with Gasteiger partial charge in [-0.05, 0) is 44.6 Å². The third kappa shape index (κ3) is 13.9. The van der Waals surface area contributed by atoms with Gasteiger partial charge in [-0.1, -0.05) is 13.8 Å². The van der Waals surface area contributed by atoms with E-state index in [1.807, 2.05) is 0 Å². The van der Waals surface area contributed by atoms with Crippen molar-refractivity contribution in [1.29, 1.82) is 0 Å². The van der Waals surface area contributed by atoms with Crippen molar-refractivity contribution < 1.29 is 39.0 Å². The summed E-state index contributed by atoms with van der Waals surface area (Å²) in [5, 5.41) is 25.5. The molecular formula is C21H38N6O8. The van der Waals surface area contributed by atoms with Crippen LogP contribution in [0.1, 0.15) is 58.8 Å². The minimum Gasteiger partial charge on any atom is -0.481 e. The Bertz CT molecular complexity index is 760. The lowest BCUT2D eigenvalue weighted by Gasteiger charge is -2.25. The zero-order chi connectivity index (χ0) is 27.1. The Morgan fingerprint density at radius 2 is 1.31 bits per heavy atom. The summed E-state index contributed by atoms with van der Waals surface area (Å²) >= 11 is 0. The molecule has 0 spiro atoms. The number of primary amides is 1. The van der Waals surface area contributed by atoms with E-state index in [4.69, 9.17) is 22.3 Å². The zero-order valence-electron chi connectivity index (χ0n) is 20.1. The lowest BCUT2D eigenvalue weighted by Crippen LogP contribution is -2.57. The Balaban J connectivity index is 5.59. The van der Waals surface area contributed by atoms with Gasteiger partial charge in [0.1, 0.15) is 18.1 Å². The number of nitrogens with one attached hydrogen (secondary N) is 3. The maximum Gasteiger partial charge on any atom is 0.326 e. The lowest BCUT2D eigenvalue weighted by atomic mass is 10.0. The zero-order valence-corrected chi connectivity index (χ0v) is 20.1. The van der Waals surface area contributed by atoms with Crippen LogP contribution in [0.2, 0.25) is 0 Å². The van der Waals surface area contributed by atoms with Crippen molar-refractivity contribution >= 4 is 35.6 Å². The fourth-order valence-electron chi connectivity index (χ4n) is 3.12. The van der Waals surface area contributed by atoms with Crippen LogP contribution in [-0.4, -0.2) is 76.5 Å². The third-order valence-electron chi connectivity index (χ3n) is 4.94. The molecule has 4 atom stereocenters. The van der Waals surface area contributed by atoms with Gasteiger partial charge < -0.3 is 43.4 Å². The van der Waals surface area contributed by atoms with Crippen molar-refractivity contribution in [1.82, 2.24) is 16.0 Å². The molecule has 200 valence electrons. The average molecular weight is 503 g/mol. The molecule has 0 aliphatic rings. The minimum absolute atomic E-state index is 0.0600. The number of rotatable bonds is 18. The first-order valence-electron chi connectivity index (χ1n) is 11.4. The molecule has 0 radical (unpaired) electrons. The van der Waals surface area contributed by atoms with Crippen molar-refractivity contribution in [2.45, 2.75) is 83.0 Å². The van der Waals surface area contributed by atoms with Gasteiger partial charge in [-0.15, -0.1) is 0 Å². The van der Waals surface area contributed by atoms with Crippen molar-refractivity contribution in [2.75, 3.05) is 6.54 Å². The van der Waals surface area contributed by atoms with Crippen LogP contribution in [0.15, 0.2) is 0 Å². The summed E-state index contributed by atoms with van der Waals surface area (Å²) in [6, 6.07) is -5.07. The smallest absolute Gasteiger partial charge is 0.326 e. The number of carboxylic acid groups (broad SMARTS) is 2. The number of unbranched alkanes of at least 4 members (excludes halogenated alkanes) is 1. The van der Waals surface area contributed by atoms with Gasteiger partial charge in [0.15, 0.2) is 0 Å². The van der Waals surface area contributed by atoms with Gasteiger partial charge in [-0.25, -0.2) is 4.79 Å².